The number of benzene rings is 2. The zero-order valence-corrected chi connectivity index (χ0v) is 13.5. The molecule has 0 unspecified atom stereocenters. The quantitative estimate of drug-likeness (QED) is 0.666. The van der Waals surface area contributed by atoms with E-state index in [1.165, 1.54) is 0 Å². The van der Waals surface area contributed by atoms with Gasteiger partial charge in [-0.3, -0.25) is 15.5 Å². The average Bonchev–Trinajstić information content (AvgIpc) is 2.58. The van der Waals surface area contributed by atoms with Crippen molar-refractivity contribution in [1.29, 1.82) is 0 Å². The smallest absolute Gasteiger partial charge is 0.272 e. The van der Waals surface area contributed by atoms with Crippen molar-refractivity contribution in [2.75, 3.05) is 0 Å². The monoisotopic (exact) mass is 309 g/mol. The molecule has 0 atom stereocenters. The van der Waals surface area contributed by atoms with Crippen LogP contribution in [0.5, 0.6) is 0 Å². The van der Waals surface area contributed by atoms with Crippen LogP contribution in [0.25, 0.3) is 5.70 Å². The fraction of sp³-hybridized carbons (Fsp3) is 0.167. The molecule has 0 fully saturated rings. The molecule has 1 aliphatic rings. The third kappa shape index (κ3) is 3.13. The number of rotatable bonds is 2. The number of hydrogen-bond donors (Lipinski definition) is 1. The molecule has 23 heavy (non-hydrogen) atoms. The van der Waals surface area contributed by atoms with Gasteiger partial charge in [-0.25, -0.2) is 0 Å². The summed E-state index contributed by atoms with van der Waals surface area (Å²) in [4.78, 5) is 10.7. The normalized spacial score (nSPS) is 12.3. The largest absolute Gasteiger partial charge is 0.278 e. The Kier molecular flexibility index (Phi) is 4.91. The molecule has 5 nitrogen and oxygen atoms in total. The number of hydrogen-bond acceptors (Lipinski definition) is 4. The minimum absolute atomic E-state index is 0.0945. The molecular weight excluding hydrogens is 290 g/mol. The fourth-order valence-electron chi connectivity index (χ4n) is 2.37. The molecule has 0 radical (unpaired) electrons. The third-order valence-electron chi connectivity index (χ3n) is 3.49. The molecule has 5 heteroatoms. The molecule has 3 rings (SSSR count). The van der Waals surface area contributed by atoms with E-state index in [1.807, 2.05) is 44.2 Å². The summed E-state index contributed by atoms with van der Waals surface area (Å²) in [5.41, 5.74) is 7.57. The number of nitro groups is 1. The van der Waals surface area contributed by atoms with E-state index in [0.717, 1.165) is 16.8 Å². The van der Waals surface area contributed by atoms with Gasteiger partial charge >= 0.3 is 0 Å². The van der Waals surface area contributed by atoms with Crippen LogP contribution < -0.4 is 5.43 Å². The van der Waals surface area contributed by atoms with Gasteiger partial charge in [0.1, 0.15) is 0 Å². The maximum Gasteiger partial charge on any atom is 0.272 e. The highest BCUT2D eigenvalue weighted by Crippen LogP contribution is 2.26. The van der Waals surface area contributed by atoms with Crippen LogP contribution in [0.1, 0.15) is 36.1 Å². The van der Waals surface area contributed by atoms with Crippen molar-refractivity contribution in [2.24, 2.45) is 5.10 Å². The topological polar surface area (TPSA) is 67.5 Å². The third-order valence-corrected chi connectivity index (χ3v) is 3.49. The first kappa shape index (κ1) is 16.4. The van der Waals surface area contributed by atoms with Crippen LogP contribution in [0.2, 0.25) is 0 Å². The molecule has 1 heterocycles. The molecule has 0 amide bonds. The van der Waals surface area contributed by atoms with Crippen LogP contribution in [0.3, 0.4) is 0 Å². The first-order valence-corrected chi connectivity index (χ1v) is 7.45. The molecular formula is C18H19N3O2. The molecule has 0 aromatic heterocycles. The van der Waals surface area contributed by atoms with Crippen molar-refractivity contribution in [3.05, 3.63) is 81.4 Å². The Labute approximate surface area is 135 Å². The molecule has 2 aromatic carbocycles. The first-order chi connectivity index (χ1) is 11.1. The SMILES string of the molecule is C=C1NN=C(c2ccc(C)c([N+](=O)[O-])c2)c2ccccc21.CC. The molecule has 118 valence electrons. The van der Waals surface area contributed by atoms with Gasteiger partial charge in [0.25, 0.3) is 5.69 Å². The van der Waals surface area contributed by atoms with Crippen LogP contribution >= 0.6 is 0 Å². The van der Waals surface area contributed by atoms with E-state index in [2.05, 4.69) is 17.1 Å². The number of nitro benzene ring substituents is 1. The van der Waals surface area contributed by atoms with Crippen molar-refractivity contribution in [3.8, 4) is 0 Å². The van der Waals surface area contributed by atoms with E-state index in [9.17, 15) is 10.1 Å². The van der Waals surface area contributed by atoms with Crippen molar-refractivity contribution < 1.29 is 4.92 Å². The predicted octanol–water partition coefficient (Wildman–Crippen LogP) is 4.26. The van der Waals surface area contributed by atoms with Gasteiger partial charge in [-0.05, 0) is 6.92 Å². The highest BCUT2D eigenvalue weighted by atomic mass is 16.6. The molecule has 0 bridgehead atoms. The summed E-state index contributed by atoms with van der Waals surface area (Å²) in [5, 5.41) is 15.4. The lowest BCUT2D eigenvalue weighted by Gasteiger charge is -2.19. The van der Waals surface area contributed by atoms with E-state index < -0.39 is 0 Å². The van der Waals surface area contributed by atoms with Crippen molar-refractivity contribution in [1.82, 2.24) is 5.43 Å². The van der Waals surface area contributed by atoms with E-state index in [0.29, 0.717) is 16.8 Å². The predicted molar refractivity (Wildman–Crippen MR) is 93.4 cm³/mol. The average molecular weight is 309 g/mol. The maximum atomic E-state index is 11.1. The Morgan fingerprint density at radius 1 is 1.13 bits per heavy atom. The Balaban J connectivity index is 0.000000924. The summed E-state index contributed by atoms with van der Waals surface area (Å²) < 4.78 is 0. The van der Waals surface area contributed by atoms with Gasteiger partial charge in [0, 0.05) is 28.3 Å². The Bertz CT molecular complexity index is 795. The van der Waals surface area contributed by atoms with Gasteiger partial charge in [0.15, 0.2) is 0 Å². The second kappa shape index (κ2) is 6.87. The molecule has 2 aromatic rings. The lowest BCUT2D eigenvalue weighted by molar-refractivity contribution is -0.385. The van der Waals surface area contributed by atoms with Gasteiger partial charge in [-0.2, -0.15) is 5.10 Å². The zero-order valence-electron chi connectivity index (χ0n) is 13.5. The summed E-state index contributed by atoms with van der Waals surface area (Å²) in [6.07, 6.45) is 0. The summed E-state index contributed by atoms with van der Waals surface area (Å²) in [7, 11) is 0. The zero-order chi connectivity index (χ0) is 17.0. The van der Waals surface area contributed by atoms with Gasteiger partial charge in [0.05, 0.1) is 16.3 Å². The molecule has 0 saturated heterocycles. The fourth-order valence-corrected chi connectivity index (χ4v) is 2.37. The Hall–Kier alpha value is -2.95. The second-order valence-corrected chi connectivity index (χ2v) is 4.85. The van der Waals surface area contributed by atoms with Crippen LogP contribution in [0.4, 0.5) is 5.69 Å². The van der Waals surface area contributed by atoms with Crippen LogP contribution in [0, 0.1) is 17.0 Å². The van der Waals surface area contributed by atoms with Crippen LogP contribution in [0.15, 0.2) is 54.1 Å². The molecule has 0 aliphatic carbocycles. The van der Waals surface area contributed by atoms with Crippen LogP contribution in [-0.4, -0.2) is 10.6 Å². The number of nitrogens with one attached hydrogen (secondary N) is 1. The van der Waals surface area contributed by atoms with E-state index in [1.54, 1.807) is 19.1 Å². The lowest BCUT2D eigenvalue weighted by Crippen LogP contribution is -2.19. The minimum Gasteiger partial charge on any atom is -0.278 e. The number of fused-ring (bicyclic) bond motifs is 1. The van der Waals surface area contributed by atoms with E-state index >= 15 is 0 Å². The standard InChI is InChI=1S/C16H13N3O2.C2H6/c1-10-7-8-12(9-15(10)19(20)21)16-14-6-4-3-5-13(14)11(2)17-18-16;1-2/h3-9,17H,2H2,1H3;1-2H3. The highest BCUT2D eigenvalue weighted by molar-refractivity contribution is 6.16. The van der Waals surface area contributed by atoms with Crippen molar-refractivity contribution >= 4 is 17.1 Å². The van der Waals surface area contributed by atoms with Crippen molar-refractivity contribution in [3.63, 3.8) is 0 Å². The Morgan fingerprint density at radius 3 is 2.43 bits per heavy atom. The second-order valence-electron chi connectivity index (χ2n) is 4.85. The molecule has 1 aliphatic heterocycles. The van der Waals surface area contributed by atoms with Gasteiger partial charge in [-0.1, -0.05) is 56.8 Å². The van der Waals surface area contributed by atoms with Crippen LogP contribution in [-0.2, 0) is 0 Å². The first-order valence-electron chi connectivity index (χ1n) is 7.45. The summed E-state index contributed by atoms with van der Waals surface area (Å²) in [6.45, 7) is 9.64. The maximum absolute atomic E-state index is 11.1. The van der Waals surface area contributed by atoms with E-state index in [-0.39, 0.29) is 10.6 Å². The van der Waals surface area contributed by atoms with Gasteiger partial charge in [0.2, 0.25) is 0 Å². The molecule has 0 saturated carbocycles. The summed E-state index contributed by atoms with van der Waals surface area (Å²) >= 11 is 0. The van der Waals surface area contributed by atoms with Crippen molar-refractivity contribution in [2.45, 2.75) is 20.8 Å². The number of aryl methyl sites for hydroxylation is 1. The summed E-state index contributed by atoms with van der Waals surface area (Å²) in [5.74, 6) is 0. The van der Waals surface area contributed by atoms with Gasteiger partial charge < -0.3 is 0 Å². The number of hydrazone groups is 1. The highest BCUT2D eigenvalue weighted by Gasteiger charge is 2.20. The minimum atomic E-state index is -0.375. The molecule has 1 N–H and O–H groups in total. The number of nitrogens with zero attached hydrogens (tertiary/aromatic N) is 2. The Morgan fingerprint density at radius 2 is 1.78 bits per heavy atom. The lowest BCUT2D eigenvalue weighted by atomic mass is 9.94. The van der Waals surface area contributed by atoms with Gasteiger partial charge in [-0.15, -0.1) is 0 Å². The summed E-state index contributed by atoms with van der Waals surface area (Å²) in [6, 6.07) is 12.9. The molecule has 0 spiro atoms. The van der Waals surface area contributed by atoms with E-state index in [4.69, 9.17) is 0 Å².